The molecule has 0 bridgehead atoms. The Hall–Kier alpha value is -2.15. The van der Waals surface area contributed by atoms with Crippen molar-refractivity contribution in [1.82, 2.24) is 4.98 Å². The first-order chi connectivity index (χ1) is 9.08. The topological polar surface area (TPSA) is 80.1 Å². The Morgan fingerprint density at radius 3 is 2.68 bits per heavy atom. The van der Waals surface area contributed by atoms with E-state index in [1.807, 2.05) is 18.4 Å². The molecular weight excluding hydrogens is 264 g/mol. The third-order valence-corrected chi connectivity index (χ3v) is 3.49. The average Bonchev–Trinajstić information content (AvgIpc) is 2.81. The van der Waals surface area contributed by atoms with Gasteiger partial charge in [-0.3, -0.25) is 10.1 Å². The maximum Gasteiger partial charge on any atom is 0.273 e. The van der Waals surface area contributed by atoms with E-state index in [2.05, 4.69) is 15.6 Å². The van der Waals surface area contributed by atoms with Crippen LogP contribution in [0.2, 0.25) is 0 Å². The summed E-state index contributed by atoms with van der Waals surface area (Å²) in [4.78, 5) is 14.8. The number of anilines is 2. The highest BCUT2D eigenvalue weighted by Gasteiger charge is 2.09. The SMILES string of the molecule is CNc1cc(NCc2nc(C)cs2)cc([N+](=O)[O-])c1. The van der Waals surface area contributed by atoms with Gasteiger partial charge >= 0.3 is 0 Å². The fraction of sp³-hybridized carbons (Fsp3) is 0.250. The van der Waals surface area contributed by atoms with Crippen LogP contribution in [0.1, 0.15) is 10.7 Å². The summed E-state index contributed by atoms with van der Waals surface area (Å²) in [7, 11) is 1.73. The highest BCUT2D eigenvalue weighted by Crippen LogP contribution is 2.24. The van der Waals surface area contributed by atoms with Gasteiger partial charge in [0.05, 0.1) is 11.5 Å². The number of aromatic nitrogens is 1. The van der Waals surface area contributed by atoms with E-state index in [0.717, 1.165) is 10.7 Å². The predicted octanol–water partition coefficient (Wildman–Crippen LogP) is 3.01. The van der Waals surface area contributed by atoms with Gasteiger partial charge in [0.25, 0.3) is 5.69 Å². The zero-order valence-corrected chi connectivity index (χ0v) is 11.5. The molecular formula is C12H14N4O2S. The Labute approximate surface area is 114 Å². The van der Waals surface area contributed by atoms with Gasteiger partial charge in [-0.05, 0) is 13.0 Å². The van der Waals surface area contributed by atoms with Gasteiger partial charge in [0.2, 0.25) is 0 Å². The number of non-ortho nitro benzene ring substituents is 1. The molecule has 0 saturated heterocycles. The zero-order valence-electron chi connectivity index (χ0n) is 10.6. The monoisotopic (exact) mass is 278 g/mol. The first kappa shape index (κ1) is 13.3. The molecule has 0 amide bonds. The number of hydrogen-bond acceptors (Lipinski definition) is 6. The van der Waals surface area contributed by atoms with Crippen LogP contribution >= 0.6 is 11.3 Å². The number of nitro groups is 1. The van der Waals surface area contributed by atoms with Crippen molar-refractivity contribution in [2.45, 2.75) is 13.5 Å². The Morgan fingerprint density at radius 1 is 1.37 bits per heavy atom. The number of rotatable bonds is 5. The molecule has 7 heteroatoms. The van der Waals surface area contributed by atoms with E-state index in [9.17, 15) is 10.1 Å². The van der Waals surface area contributed by atoms with Crippen LogP contribution in [0.15, 0.2) is 23.6 Å². The predicted molar refractivity (Wildman–Crippen MR) is 76.8 cm³/mol. The third-order valence-electron chi connectivity index (χ3n) is 2.53. The van der Waals surface area contributed by atoms with Crippen LogP contribution in [0.5, 0.6) is 0 Å². The van der Waals surface area contributed by atoms with E-state index in [1.54, 1.807) is 18.4 Å². The second kappa shape index (κ2) is 5.66. The molecule has 0 saturated carbocycles. The summed E-state index contributed by atoms with van der Waals surface area (Å²) in [5.74, 6) is 0. The van der Waals surface area contributed by atoms with Crippen molar-refractivity contribution in [3.8, 4) is 0 Å². The Bertz CT molecular complexity index is 597. The molecule has 1 aromatic carbocycles. The molecule has 100 valence electrons. The summed E-state index contributed by atoms with van der Waals surface area (Å²) >= 11 is 1.57. The summed E-state index contributed by atoms with van der Waals surface area (Å²) in [5, 5.41) is 19.8. The van der Waals surface area contributed by atoms with Crippen LogP contribution in [0.3, 0.4) is 0 Å². The van der Waals surface area contributed by atoms with Crippen LogP contribution in [0.4, 0.5) is 17.1 Å². The minimum absolute atomic E-state index is 0.0599. The summed E-state index contributed by atoms with van der Waals surface area (Å²) in [6.07, 6.45) is 0. The average molecular weight is 278 g/mol. The lowest BCUT2D eigenvalue weighted by molar-refractivity contribution is -0.384. The number of thiazole rings is 1. The van der Waals surface area contributed by atoms with Gasteiger partial charge < -0.3 is 10.6 Å². The number of aryl methyl sites for hydroxylation is 1. The lowest BCUT2D eigenvalue weighted by Crippen LogP contribution is -2.01. The van der Waals surface area contributed by atoms with Crippen molar-refractivity contribution < 1.29 is 4.92 Å². The molecule has 0 spiro atoms. The second-order valence-corrected chi connectivity index (χ2v) is 4.95. The van der Waals surface area contributed by atoms with Crippen molar-refractivity contribution in [2.24, 2.45) is 0 Å². The number of nitrogens with zero attached hydrogens (tertiary/aromatic N) is 2. The first-order valence-electron chi connectivity index (χ1n) is 5.70. The van der Waals surface area contributed by atoms with Crippen LogP contribution in [0.25, 0.3) is 0 Å². The molecule has 0 aliphatic carbocycles. The molecule has 0 unspecified atom stereocenters. The van der Waals surface area contributed by atoms with Gasteiger partial charge in [0.15, 0.2) is 0 Å². The smallest absolute Gasteiger partial charge is 0.273 e. The van der Waals surface area contributed by atoms with Gasteiger partial charge in [-0.1, -0.05) is 0 Å². The minimum Gasteiger partial charge on any atom is -0.388 e. The van der Waals surface area contributed by atoms with E-state index in [0.29, 0.717) is 17.9 Å². The highest BCUT2D eigenvalue weighted by molar-refractivity contribution is 7.09. The lowest BCUT2D eigenvalue weighted by Gasteiger charge is -2.07. The van der Waals surface area contributed by atoms with E-state index in [1.165, 1.54) is 12.1 Å². The molecule has 0 radical (unpaired) electrons. The lowest BCUT2D eigenvalue weighted by atomic mass is 10.2. The maximum atomic E-state index is 10.8. The van der Waals surface area contributed by atoms with Gasteiger partial charge in [-0.2, -0.15) is 0 Å². The quantitative estimate of drug-likeness (QED) is 0.649. The van der Waals surface area contributed by atoms with Crippen LogP contribution in [0, 0.1) is 17.0 Å². The van der Waals surface area contributed by atoms with E-state index in [4.69, 9.17) is 0 Å². The van der Waals surface area contributed by atoms with E-state index in [-0.39, 0.29) is 5.69 Å². The van der Waals surface area contributed by atoms with Crippen molar-refractivity contribution in [1.29, 1.82) is 0 Å². The van der Waals surface area contributed by atoms with Crippen molar-refractivity contribution >= 4 is 28.4 Å². The highest BCUT2D eigenvalue weighted by atomic mass is 32.1. The zero-order chi connectivity index (χ0) is 13.8. The Balaban J connectivity index is 2.15. The first-order valence-corrected chi connectivity index (χ1v) is 6.58. The fourth-order valence-corrected chi connectivity index (χ4v) is 2.34. The maximum absolute atomic E-state index is 10.8. The summed E-state index contributed by atoms with van der Waals surface area (Å²) in [5.41, 5.74) is 2.44. The molecule has 1 heterocycles. The van der Waals surface area contributed by atoms with E-state index >= 15 is 0 Å². The molecule has 0 aliphatic heterocycles. The minimum atomic E-state index is -0.403. The number of nitrogens with one attached hydrogen (secondary N) is 2. The van der Waals surface area contributed by atoms with Gasteiger partial charge in [0.1, 0.15) is 5.01 Å². The molecule has 2 aromatic rings. The van der Waals surface area contributed by atoms with Gasteiger partial charge in [0, 0.05) is 41.6 Å². The normalized spacial score (nSPS) is 10.2. The molecule has 0 fully saturated rings. The molecule has 2 N–H and O–H groups in total. The van der Waals surface area contributed by atoms with E-state index < -0.39 is 4.92 Å². The summed E-state index contributed by atoms with van der Waals surface area (Å²) in [6, 6.07) is 4.84. The summed E-state index contributed by atoms with van der Waals surface area (Å²) in [6.45, 7) is 2.50. The van der Waals surface area contributed by atoms with Crippen LogP contribution in [-0.4, -0.2) is 17.0 Å². The van der Waals surface area contributed by atoms with Gasteiger partial charge in [-0.15, -0.1) is 11.3 Å². The Kier molecular flexibility index (Phi) is 3.96. The van der Waals surface area contributed by atoms with Gasteiger partial charge in [-0.25, -0.2) is 4.98 Å². The largest absolute Gasteiger partial charge is 0.388 e. The summed E-state index contributed by atoms with van der Waals surface area (Å²) < 4.78 is 0. The molecule has 0 aliphatic rings. The van der Waals surface area contributed by atoms with Crippen LogP contribution in [-0.2, 0) is 6.54 Å². The third kappa shape index (κ3) is 3.41. The Morgan fingerprint density at radius 2 is 2.11 bits per heavy atom. The van der Waals surface area contributed by atoms with Crippen molar-refractivity contribution in [3.05, 3.63) is 44.4 Å². The standard InChI is InChI=1S/C12H14N4O2S/c1-8-7-19-12(15-8)6-14-10-3-9(13-2)4-11(5-10)16(17)18/h3-5,7,13-14H,6H2,1-2H3. The fourth-order valence-electron chi connectivity index (χ4n) is 1.62. The molecule has 6 nitrogen and oxygen atoms in total. The molecule has 2 rings (SSSR count). The van der Waals surface area contributed by atoms with Crippen LogP contribution < -0.4 is 10.6 Å². The number of benzene rings is 1. The van der Waals surface area contributed by atoms with Crippen molar-refractivity contribution in [2.75, 3.05) is 17.7 Å². The molecule has 19 heavy (non-hydrogen) atoms. The molecule has 0 atom stereocenters. The number of nitro benzene ring substituents is 1. The second-order valence-electron chi connectivity index (χ2n) is 4.01. The molecule has 1 aromatic heterocycles. The van der Waals surface area contributed by atoms with Crippen molar-refractivity contribution in [3.63, 3.8) is 0 Å². The number of hydrogen-bond donors (Lipinski definition) is 2.